The van der Waals surface area contributed by atoms with Gasteiger partial charge in [-0.25, -0.2) is 4.98 Å². The molecule has 6 heteroatoms. The number of nitrogens with one attached hydrogen (secondary N) is 2. The van der Waals surface area contributed by atoms with Crippen LogP contribution in [0.4, 0.5) is 5.82 Å². The van der Waals surface area contributed by atoms with E-state index in [-0.39, 0.29) is 11.9 Å². The van der Waals surface area contributed by atoms with Crippen molar-refractivity contribution in [1.29, 1.82) is 0 Å². The van der Waals surface area contributed by atoms with Crippen LogP contribution in [-0.4, -0.2) is 34.2 Å². The number of aromatic amines is 1. The highest BCUT2D eigenvalue weighted by molar-refractivity contribution is 5.95. The Balaban J connectivity index is 1.06. The second-order valence-electron chi connectivity index (χ2n) is 9.72. The molecule has 31 heavy (non-hydrogen) atoms. The van der Waals surface area contributed by atoms with Crippen LogP contribution in [0.25, 0.3) is 0 Å². The number of carbonyl (C=O) groups excluding carboxylic acids is 1. The molecule has 0 bridgehead atoms. The SMILES string of the molecule is Cc1nc(N2CC3CC3C2)ccc1CC1=CC=C(C(=O)N[C@@H]2CCc3c2n[nH]c3C)C1. The number of anilines is 1. The first-order valence-electron chi connectivity index (χ1n) is 11.5. The van der Waals surface area contributed by atoms with Crippen molar-refractivity contribution in [1.82, 2.24) is 20.5 Å². The highest BCUT2D eigenvalue weighted by atomic mass is 16.1. The van der Waals surface area contributed by atoms with Crippen molar-refractivity contribution in [2.24, 2.45) is 11.8 Å². The van der Waals surface area contributed by atoms with E-state index in [0.29, 0.717) is 6.42 Å². The van der Waals surface area contributed by atoms with Crippen LogP contribution in [0.2, 0.25) is 0 Å². The standard InChI is InChI=1S/C25H29N5O/c1-14-17(5-8-23(26-14)30-12-19-11-20(19)13-30)9-16-3-4-18(10-16)25(31)27-22-7-6-21-15(2)28-29-24(21)22/h3-5,8,19-20,22H,6-7,9-13H2,1-2H3,(H,27,31)(H,28,29)/t19?,20?,22-/m1/s1. The molecular weight excluding hydrogens is 386 g/mol. The number of rotatable bonds is 5. The highest BCUT2D eigenvalue weighted by Gasteiger charge is 2.45. The molecule has 1 saturated carbocycles. The Bertz CT molecular complexity index is 1120. The quantitative estimate of drug-likeness (QED) is 0.784. The van der Waals surface area contributed by atoms with Gasteiger partial charge in [0.15, 0.2) is 0 Å². The van der Waals surface area contributed by atoms with Gasteiger partial charge in [-0.2, -0.15) is 5.10 Å². The van der Waals surface area contributed by atoms with Gasteiger partial charge in [0.25, 0.3) is 0 Å². The summed E-state index contributed by atoms with van der Waals surface area (Å²) in [6, 6.07) is 4.42. The lowest BCUT2D eigenvalue weighted by molar-refractivity contribution is -0.118. The van der Waals surface area contributed by atoms with Gasteiger partial charge in [-0.1, -0.05) is 23.8 Å². The Hall–Kier alpha value is -2.89. The fourth-order valence-electron chi connectivity index (χ4n) is 5.52. The predicted molar refractivity (Wildman–Crippen MR) is 120 cm³/mol. The minimum absolute atomic E-state index is 0.0213. The van der Waals surface area contributed by atoms with Crippen molar-refractivity contribution in [2.45, 2.75) is 52.0 Å². The fraction of sp³-hybridized carbons (Fsp3) is 0.480. The number of aromatic nitrogens is 3. The minimum atomic E-state index is 0.0213. The Morgan fingerprint density at radius 1 is 1.23 bits per heavy atom. The molecule has 0 aromatic carbocycles. The number of aryl methyl sites for hydroxylation is 2. The molecule has 3 heterocycles. The second kappa shape index (κ2) is 7.08. The van der Waals surface area contributed by atoms with Crippen LogP contribution in [0.15, 0.2) is 35.4 Å². The van der Waals surface area contributed by atoms with E-state index in [1.165, 1.54) is 36.2 Å². The Labute approximate surface area is 182 Å². The van der Waals surface area contributed by atoms with Crippen LogP contribution in [0.3, 0.4) is 0 Å². The van der Waals surface area contributed by atoms with Crippen LogP contribution in [0.5, 0.6) is 0 Å². The van der Waals surface area contributed by atoms with E-state index in [2.05, 4.69) is 45.5 Å². The summed E-state index contributed by atoms with van der Waals surface area (Å²) >= 11 is 0. The van der Waals surface area contributed by atoms with Gasteiger partial charge in [0, 0.05) is 30.1 Å². The second-order valence-corrected chi connectivity index (χ2v) is 9.72. The van der Waals surface area contributed by atoms with Crippen LogP contribution in [0, 0.1) is 25.7 Å². The maximum Gasteiger partial charge on any atom is 0.248 e. The number of H-pyrrole nitrogens is 1. The predicted octanol–water partition coefficient (Wildman–Crippen LogP) is 3.48. The maximum atomic E-state index is 12.8. The van der Waals surface area contributed by atoms with E-state index >= 15 is 0 Å². The lowest BCUT2D eigenvalue weighted by atomic mass is 10.0. The van der Waals surface area contributed by atoms with Gasteiger partial charge in [0.2, 0.25) is 5.91 Å². The first kappa shape index (κ1) is 18.8. The number of hydrogen-bond donors (Lipinski definition) is 2. The smallest absolute Gasteiger partial charge is 0.248 e. The van der Waals surface area contributed by atoms with Crippen molar-refractivity contribution in [3.05, 3.63) is 63.6 Å². The number of nitrogens with zero attached hydrogens (tertiary/aromatic N) is 3. The molecule has 0 spiro atoms. The zero-order valence-corrected chi connectivity index (χ0v) is 18.2. The molecule has 4 aliphatic rings. The molecular formula is C25H29N5O. The molecule has 2 fully saturated rings. The Morgan fingerprint density at radius 3 is 2.87 bits per heavy atom. The van der Waals surface area contributed by atoms with E-state index in [9.17, 15) is 4.79 Å². The third-order valence-corrected chi connectivity index (χ3v) is 7.55. The molecule has 160 valence electrons. The first-order chi connectivity index (χ1) is 15.0. The van der Waals surface area contributed by atoms with E-state index < -0.39 is 0 Å². The van der Waals surface area contributed by atoms with Crippen molar-refractivity contribution >= 4 is 11.7 Å². The Kier molecular flexibility index (Phi) is 4.30. The number of pyridine rings is 1. The molecule has 2 N–H and O–H groups in total. The molecule has 1 aliphatic heterocycles. The van der Waals surface area contributed by atoms with Gasteiger partial charge >= 0.3 is 0 Å². The number of hydrogen-bond acceptors (Lipinski definition) is 4. The molecule has 3 atom stereocenters. The maximum absolute atomic E-state index is 12.8. The van der Waals surface area contributed by atoms with Crippen LogP contribution in [0.1, 0.15) is 53.5 Å². The summed E-state index contributed by atoms with van der Waals surface area (Å²) in [6.45, 7) is 6.49. The third-order valence-electron chi connectivity index (χ3n) is 7.55. The lowest BCUT2D eigenvalue weighted by Crippen LogP contribution is -2.28. The van der Waals surface area contributed by atoms with Gasteiger partial charge in [-0.3, -0.25) is 9.89 Å². The molecule has 2 aromatic heterocycles. The summed E-state index contributed by atoms with van der Waals surface area (Å²) in [4.78, 5) is 20.2. The molecule has 2 unspecified atom stereocenters. The van der Waals surface area contributed by atoms with Gasteiger partial charge in [0.05, 0.1) is 11.7 Å². The van der Waals surface area contributed by atoms with Crippen molar-refractivity contribution in [3.8, 4) is 0 Å². The topological polar surface area (TPSA) is 73.9 Å². The molecule has 0 radical (unpaired) electrons. The van der Waals surface area contributed by atoms with Gasteiger partial charge < -0.3 is 10.2 Å². The average molecular weight is 416 g/mol. The zero-order valence-electron chi connectivity index (χ0n) is 18.2. The Morgan fingerprint density at radius 2 is 2.06 bits per heavy atom. The van der Waals surface area contributed by atoms with E-state index in [4.69, 9.17) is 4.98 Å². The number of piperidine rings is 1. The normalized spacial score (nSPS) is 25.9. The van der Waals surface area contributed by atoms with E-state index in [0.717, 1.165) is 59.6 Å². The summed E-state index contributed by atoms with van der Waals surface area (Å²) in [5.41, 5.74) is 7.86. The summed E-state index contributed by atoms with van der Waals surface area (Å²) in [5, 5.41) is 10.6. The van der Waals surface area contributed by atoms with Gasteiger partial charge in [-0.15, -0.1) is 0 Å². The van der Waals surface area contributed by atoms with Crippen molar-refractivity contribution in [2.75, 3.05) is 18.0 Å². The van der Waals surface area contributed by atoms with Crippen LogP contribution < -0.4 is 10.2 Å². The minimum Gasteiger partial charge on any atom is -0.356 e. The van der Waals surface area contributed by atoms with Crippen molar-refractivity contribution in [3.63, 3.8) is 0 Å². The first-order valence-corrected chi connectivity index (χ1v) is 11.5. The number of carbonyl (C=O) groups is 1. The van der Waals surface area contributed by atoms with Crippen LogP contribution in [-0.2, 0) is 17.6 Å². The zero-order chi connectivity index (χ0) is 21.1. The third kappa shape index (κ3) is 3.38. The van der Waals surface area contributed by atoms with Gasteiger partial charge in [-0.05, 0) is 75.0 Å². The monoisotopic (exact) mass is 415 g/mol. The van der Waals surface area contributed by atoms with E-state index in [1.807, 2.05) is 13.0 Å². The van der Waals surface area contributed by atoms with Crippen molar-refractivity contribution < 1.29 is 4.79 Å². The van der Waals surface area contributed by atoms with Gasteiger partial charge in [0.1, 0.15) is 5.82 Å². The summed E-state index contributed by atoms with van der Waals surface area (Å²) in [7, 11) is 0. The molecule has 1 amide bonds. The molecule has 3 aliphatic carbocycles. The number of amides is 1. The highest BCUT2D eigenvalue weighted by Crippen LogP contribution is 2.46. The number of fused-ring (bicyclic) bond motifs is 2. The number of allylic oxidation sites excluding steroid dienone is 3. The molecule has 6 nitrogen and oxygen atoms in total. The average Bonchev–Trinajstić information content (AvgIpc) is 3.22. The van der Waals surface area contributed by atoms with Crippen LogP contribution >= 0.6 is 0 Å². The fourth-order valence-corrected chi connectivity index (χ4v) is 5.52. The summed E-state index contributed by atoms with van der Waals surface area (Å²) in [5.74, 6) is 2.97. The molecule has 2 aromatic rings. The summed E-state index contributed by atoms with van der Waals surface area (Å²) < 4.78 is 0. The van der Waals surface area contributed by atoms with E-state index in [1.54, 1.807) is 0 Å². The summed E-state index contributed by atoms with van der Waals surface area (Å²) in [6.07, 6.45) is 8.97. The molecule has 6 rings (SSSR count). The lowest BCUT2D eigenvalue weighted by Gasteiger charge is -2.20. The molecule has 1 saturated heterocycles. The largest absolute Gasteiger partial charge is 0.356 e.